The molecule has 1 atom stereocenters. The van der Waals surface area contributed by atoms with Crippen LogP contribution in [0.1, 0.15) is 18.1 Å². The van der Waals surface area contributed by atoms with E-state index in [0.29, 0.717) is 13.4 Å². The van der Waals surface area contributed by atoms with E-state index in [-0.39, 0.29) is 6.04 Å². The van der Waals surface area contributed by atoms with E-state index >= 15 is 0 Å². The maximum atomic E-state index is 6.32. The fourth-order valence-electron chi connectivity index (χ4n) is 2.69. The fraction of sp³-hybridized carbons (Fsp3) is 0.333. The maximum absolute atomic E-state index is 6.32. The summed E-state index contributed by atoms with van der Waals surface area (Å²) >= 11 is 0. The summed E-state index contributed by atoms with van der Waals surface area (Å²) in [5.74, 6) is 2.53. The molecule has 0 amide bonds. The van der Waals surface area contributed by atoms with Gasteiger partial charge in [-0.15, -0.1) is 0 Å². The van der Waals surface area contributed by atoms with Crippen LogP contribution < -0.4 is 19.9 Å². The maximum Gasteiger partial charge on any atom is 0.231 e. The predicted octanol–water partition coefficient (Wildman–Crippen LogP) is 2.93. The monoisotopic (exact) mass is 299 g/mol. The summed E-state index contributed by atoms with van der Waals surface area (Å²) in [6, 6.07) is 14.1. The van der Waals surface area contributed by atoms with Crippen LogP contribution in [0, 0.1) is 0 Å². The minimum absolute atomic E-state index is 0.0296. The minimum Gasteiger partial charge on any atom is -0.494 e. The lowest BCUT2D eigenvalue weighted by molar-refractivity contribution is 0.174. The van der Waals surface area contributed by atoms with Gasteiger partial charge in [-0.2, -0.15) is 0 Å². The van der Waals surface area contributed by atoms with E-state index in [9.17, 15) is 0 Å². The van der Waals surface area contributed by atoms with Crippen molar-refractivity contribution >= 4 is 0 Å². The zero-order valence-corrected chi connectivity index (χ0v) is 12.7. The molecule has 1 heterocycles. The van der Waals surface area contributed by atoms with Gasteiger partial charge >= 0.3 is 0 Å². The second kappa shape index (κ2) is 6.71. The number of hydrogen-bond donors (Lipinski definition) is 1. The van der Waals surface area contributed by atoms with E-state index in [1.165, 1.54) is 0 Å². The third kappa shape index (κ3) is 3.34. The van der Waals surface area contributed by atoms with Crippen LogP contribution >= 0.6 is 0 Å². The third-order valence-corrected chi connectivity index (χ3v) is 3.69. The number of hydrogen-bond acceptors (Lipinski definition) is 4. The average Bonchev–Trinajstić information content (AvgIpc) is 2.97. The molecule has 0 aromatic heterocycles. The van der Waals surface area contributed by atoms with E-state index < -0.39 is 0 Å². The third-order valence-electron chi connectivity index (χ3n) is 3.69. The summed E-state index contributed by atoms with van der Waals surface area (Å²) in [6.45, 7) is 2.95. The van der Waals surface area contributed by atoms with Crippen LogP contribution in [0.2, 0.25) is 0 Å². The largest absolute Gasteiger partial charge is 0.494 e. The molecule has 0 radical (unpaired) electrons. The summed E-state index contributed by atoms with van der Waals surface area (Å²) in [7, 11) is 0. The van der Waals surface area contributed by atoms with Crippen molar-refractivity contribution in [2.75, 3.05) is 13.4 Å². The van der Waals surface area contributed by atoms with Gasteiger partial charge in [-0.1, -0.05) is 24.3 Å². The molecule has 1 aliphatic rings. The Hall–Kier alpha value is -2.20. The minimum atomic E-state index is 0.0296. The quantitative estimate of drug-likeness (QED) is 0.891. The van der Waals surface area contributed by atoms with Crippen LogP contribution in [0.25, 0.3) is 0 Å². The summed E-state index contributed by atoms with van der Waals surface area (Å²) < 4.78 is 16.4. The first-order valence-corrected chi connectivity index (χ1v) is 7.61. The van der Waals surface area contributed by atoms with Gasteiger partial charge in [0.2, 0.25) is 6.79 Å². The molecule has 1 aliphatic heterocycles. The van der Waals surface area contributed by atoms with Crippen molar-refractivity contribution in [1.29, 1.82) is 0 Å². The first kappa shape index (κ1) is 14.7. The zero-order chi connectivity index (χ0) is 15.4. The van der Waals surface area contributed by atoms with Gasteiger partial charge in [0.15, 0.2) is 11.5 Å². The number of nitrogens with two attached hydrogens (primary N) is 1. The Balaban J connectivity index is 1.66. The normalized spacial score (nSPS) is 13.9. The van der Waals surface area contributed by atoms with Crippen LogP contribution in [-0.4, -0.2) is 19.4 Å². The molecular formula is C18H21NO3. The van der Waals surface area contributed by atoms with Gasteiger partial charge in [0, 0.05) is 6.04 Å². The van der Waals surface area contributed by atoms with Gasteiger partial charge in [-0.05, 0) is 49.1 Å². The molecule has 116 valence electrons. The van der Waals surface area contributed by atoms with Gasteiger partial charge in [0.25, 0.3) is 0 Å². The molecule has 4 heteroatoms. The number of fused-ring (bicyclic) bond motifs is 1. The number of para-hydroxylation sites is 1. The second-order valence-corrected chi connectivity index (χ2v) is 5.40. The highest BCUT2D eigenvalue weighted by Crippen LogP contribution is 2.33. The van der Waals surface area contributed by atoms with Crippen LogP contribution in [0.4, 0.5) is 0 Å². The summed E-state index contributed by atoms with van der Waals surface area (Å²) in [4.78, 5) is 0. The van der Waals surface area contributed by atoms with Crippen molar-refractivity contribution in [2.45, 2.75) is 25.8 Å². The molecule has 22 heavy (non-hydrogen) atoms. The van der Waals surface area contributed by atoms with Crippen LogP contribution in [0.3, 0.4) is 0 Å². The lowest BCUT2D eigenvalue weighted by Crippen LogP contribution is -2.25. The van der Waals surface area contributed by atoms with Gasteiger partial charge in [-0.25, -0.2) is 0 Å². The molecule has 1 unspecified atom stereocenters. The highest BCUT2D eigenvalue weighted by Gasteiger charge is 2.15. The summed E-state index contributed by atoms with van der Waals surface area (Å²) in [5, 5.41) is 0. The van der Waals surface area contributed by atoms with E-state index in [4.69, 9.17) is 19.9 Å². The van der Waals surface area contributed by atoms with Crippen molar-refractivity contribution in [3.8, 4) is 17.2 Å². The van der Waals surface area contributed by atoms with Crippen LogP contribution in [0.15, 0.2) is 42.5 Å². The molecule has 0 spiro atoms. The lowest BCUT2D eigenvalue weighted by atomic mass is 9.99. The Kier molecular flexibility index (Phi) is 4.49. The first-order valence-electron chi connectivity index (χ1n) is 7.61. The fourth-order valence-corrected chi connectivity index (χ4v) is 2.69. The summed E-state index contributed by atoms with van der Waals surface area (Å²) in [6.07, 6.45) is 1.57. The average molecular weight is 299 g/mol. The van der Waals surface area contributed by atoms with E-state index in [1.807, 2.05) is 43.3 Å². The molecule has 0 saturated carbocycles. The van der Waals surface area contributed by atoms with Crippen LogP contribution in [0.5, 0.6) is 17.2 Å². The number of ether oxygens (including phenoxy) is 3. The molecule has 4 nitrogen and oxygen atoms in total. The van der Waals surface area contributed by atoms with Crippen molar-refractivity contribution in [3.05, 3.63) is 53.6 Å². The van der Waals surface area contributed by atoms with Gasteiger partial charge in [0.1, 0.15) is 5.75 Å². The standard InChI is InChI=1S/C18H21NO3/c1-2-20-16-6-4-3-5-14(16)11-15(19)9-13-7-8-17-18(10-13)22-12-21-17/h3-8,10,15H,2,9,11-12,19H2,1H3. The van der Waals surface area contributed by atoms with E-state index in [1.54, 1.807) is 0 Å². The molecule has 0 aliphatic carbocycles. The van der Waals surface area contributed by atoms with Crippen LogP contribution in [-0.2, 0) is 12.8 Å². The molecule has 2 N–H and O–H groups in total. The van der Waals surface area contributed by atoms with E-state index in [0.717, 1.165) is 41.2 Å². The Labute approximate surface area is 130 Å². The number of rotatable bonds is 6. The van der Waals surface area contributed by atoms with E-state index in [2.05, 4.69) is 6.07 Å². The Morgan fingerprint density at radius 1 is 1.09 bits per heavy atom. The number of benzene rings is 2. The highest BCUT2D eigenvalue weighted by atomic mass is 16.7. The Bertz CT molecular complexity index is 642. The van der Waals surface area contributed by atoms with Gasteiger partial charge in [-0.3, -0.25) is 0 Å². The molecule has 0 saturated heterocycles. The van der Waals surface area contributed by atoms with Gasteiger partial charge in [0.05, 0.1) is 6.61 Å². The highest BCUT2D eigenvalue weighted by molar-refractivity contribution is 5.44. The molecule has 2 aromatic rings. The molecule has 0 bridgehead atoms. The topological polar surface area (TPSA) is 53.7 Å². The zero-order valence-electron chi connectivity index (χ0n) is 12.7. The SMILES string of the molecule is CCOc1ccccc1CC(N)Cc1ccc2c(c1)OCO2. The van der Waals surface area contributed by atoms with Crippen molar-refractivity contribution in [1.82, 2.24) is 0 Å². The van der Waals surface area contributed by atoms with Crippen molar-refractivity contribution in [3.63, 3.8) is 0 Å². The molecule has 0 fully saturated rings. The second-order valence-electron chi connectivity index (χ2n) is 5.40. The molecular weight excluding hydrogens is 278 g/mol. The van der Waals surface area contributed by atoms with Crippen molar-refractivity contribution < 1.29 is 14.2 Å². The van der Waals surface area contributed by atoms with Crippen molar-refractivity contribution in [2.24, 2.45) is 5.73 Å². The summed E-state index contributed by atoms with van der Waals surface area (Å²) in [5.41, 5.74) is 8.63. The van der Waals surface area contributed by atoms with Gasteiger partial charge < -0.3 is 19.9 Å². The lowest BCUT2D eigenvalue weighted by Gasteiger charge is -2.15. The molecule has 3 rings (SSSR count). The first-order chi connectivity index (χ1) is 10.8. The smallest absolute Gasteiger partial charge is 0.231 e. The predicted molar refractivity (Wildman–Crippen MR) is 85.6 cm³/mol. The molecule has 2 aromatic carbocycles. The Morgan fingerprint density at radius 2 is 1.91 bits per heavy atom. The Morgan fingerprint density at radius 3 is 2.77 bits per heavy atom.